The van der Waals surface area contributed by atoms with Gasteiger partial charge in [0.2, 0.25) is 0 Å². The normalized spacial score (nSPS) is 12.6. The molecule has 6 nitrogen and oxygen atoms in total. The van der Waals surface area contributed by atoms with E-state index in [1.807, 2.05) is 0 Å². The molecule has 0 unspecified atom stereocenters. The minimum atomic E-state index is -0.443. The van der Waals surface area contributed by atoms with Crippen molar-refractivity contribution in [1.29, 1.82) is 0 Å². The number of hydrogen-bond donors (Lipinski definition) is 0. The lowest BCUT2D eigenvalue weighted by atomic mass is 9.33. The molecule has 0 amide bonds. The molecule has 582 valence electrons. The zero-order chi connectivity index (χ0) is 82.0. The summed E-state index contributed by atoms with van der Waals surface area (Å²) >= 11 is 0. The quantitative estimate of drug-likeness (QED) is 0.101. The Morgan fingerprint density at radius 3 is 0.884 bits per heavy atom. The number of rotatable bonds is 14. The van der Waals surface area contributed by atoms with Gasteiger partial charge in [0.1, 0.15) is 22.3 Å². The second-order valence-electron chi connectivity index (χ2n) is 35.6. The van der Waals surface area contributed by atoms with Crippen LogP contribution in [0.3, 0.4) is 0 Å². The van der Waals surface area contributed by atoms with Crippen molar-refractivity contribution >= 4 is 135 Å². The molecule has 0 aliphatic carbocycles. The third-order valence-corrected chi connectivity index (χ3v) is 24.9. The summed E-state index contributed by atoms with van der Waals surface area (Å²) in [4.78, 5) is 10.3. The van der Waals surface area contributed by atoms with Crippen LogP contribution in [-0.2, 0) is 16.2 Å². The van der Waals surface area contributed by atoms with E-state index in [4.69, 9.17) is 8.83 Å². The molecular weight excluding hydrogens is 1470 g/mol. The van der Waals surface area contributed by atoms with Gasteiger partial charge in [-0.05, 0) is 204 Å². The molecule has 7 heteroatoms. The SMILES string of the molecule is CC(C)(C)c1cc(-c2ccc(-c3ccccc3)cc2)c(N2c3cc(N(c4ccccc4)c4ccccc4)ccc3B3c4ccc(N(c5ccccc5)c5ccccc5)cc4N(c4c(-c5ccc(-c6ccccc6)cc5)cc(C(C)(C)C)cc4-c4cccc5c4oc4ccccc45)c4cc(C(C)(C)C)cc2c43)c(-c2cccc3c2oc2ccccc23)c1. The largest absolute Gasteiger partial charge is 0.455 e. The first-order valence-electron chi connectivity index (χ1n) is 42.3. The average molecular weight is 1560 g/mol. The van der Waals surface area contributed by atoms with Crippen LogP contribution in [0.15, 0.2) is 397 Å². The molecule has 2 aliphatic heterocycles. The number of furan rings is 2. The summed E-state index contributed by atoms with van der Waals surface area (Å²) in [6, 6.07) is 144. The Hall–Kier alpha value is -14.4. The molecule has 2 aromatic heterocycles. The third kappa shape index (κ3) is 13.0. The van der Waals surface area contributed by atoms with Gasteiger partial charge in [-0.2, -0.15) is 0 Å². The first-order chi connectivity index (χ1) is 58.9. The maximum Gasteiger partial charge on any atom is 0.252 e. The van der Waals surface area contributed by atoms with Crippen LogP contribution in [0.4, 0.5) is 68.2 Å². The Morgan fingerprint density at radius 1 is 0.231 bits per heavy atom. The van der Waals surface area contributed by atoms with E-state index in [1.165, 1.54) is 22.2 Å². The van der Waals surface area contributed by atoms with Gasteiger partial charge >= 0.3 is 0 Å². The van der Waals surface area contributed by atoms with Gasteiger partial charge in [-0.1, -0.05) is 329 Å². The Kier molecular flexibility index (Phi) is 18.0. The van der Waals surface area contributed by atoms with Gasteiger partial charge in [-0.15, -0.1) is 0 Å². The Morgan fingerprint density at radius 2 is 0.529 bits per heavy atom. The van der Waals surface area contributed by atoms with E-state index in [9.17, 15) is 0 Å². The molecule has 21 rings (SSSR count). The van der Waals surface area contributed by atoms with Crippen molar-refractivity contribution in [1.82, 2.24) is 0 Å². The summed E-state index contributed by atoms with van der Waals surface area (Å²) in [7, 11) is 0. The van der Waals surface area contributed by atoms with Crippen molar-refractivity contribution in [3.8, 4) is 66.8 Å². The number of para-hydroxylation sites is 8. The van der Waals surface area contributed by atoms with Crippen molar-refractivity contribution in [2.75, 3.05) is 19.6 Å². The van der Waals surface area contributed by atoms with Crippen LogP contribution in [0.1, 0.15) is 79.0 Å². The van der Waals surface area contributed by atoms with Gasteiger partial charge in [0, 0.05) is 112 Å². The minimum Gasteiger partial charge on any atom is -0.455 e. The predicted molar refractivity (Wildman–Crippen MR) is 513 cm³/mol. The molecule has 0 spiro atoms. The van der Waals surface area contributed by atoms with E-state index in [0.29, 0.717) is 0 Å². The smallest absolute Gasteiger partial charge is 0.252 e. The van der Waals surface area contributed by atoms with E-state index in [1.54, 1.807) is 0 Å². The van der Waals surface area contributed by atoms with Crippen LogP contribution in [0.25, 0.3) is 111 Å². The van der Waals surface area contributed by atoms with E-state index < -0.39 is 5.41 Å². The molecule has 121 heavy (non-hydrogen) atoms. The molecular formula is C114H91BN4O2. The molecule has 0 saturated heterocycles. The van der Waals surface area contributed by atoms with Crippen LogP contribution in [0.2, 0.25) is 0 Å². The highest BCUT2D eigenvalue weighted by molar-refractivity contribution is 7.00. The highest BCUT2D eigenvalue weighted by Crippen LogP contribution is 2.58. The maximum absolute atomic E-state index is 7.37. The standard InChI is InChI=1S/C114H91BN4O2/c1-112(2,3)80-66-95(78-58-54-76(55-59-78)74-34-16-10-17-35-74)108(97(68-80)93-50-32-48-91-89-46-28-30-52-105(89)120-110(91)93)118-101-72-87(116(83-38-20-12-21-39-83)84-40-22-13-23-41-84)62-64-99(101)115-100-65-63-88(117(85-42-24-14-25-43-85)86-44-26-15-27-45-86)73-102(100)119(104-71-82(114(7,8)9)70-103(118)107(104)115)109-96(79-60-56-77(57-61-79)75-36-18-11-19-37-75)67-81(113(4,5)6)69-98(109)94-51-33-49-92-90-47-29-31-53-106(90)121-111(92)94/h10-73H,1-9H3. The summed E-state index contributed by atoms with van der Waals surface area (Å²) in [6.45, 7) is 20.9. The summed E-state index contributed by atoms with van der Waals surface area (Å²) in [5.41, 5.74) is 34.9. The average Bonchev–Trinajstić information content (AvgIpc) is 1.21. The topological polar surface area (TPSA) is 39.2 Å². The Bertz CT molecular complexity index is 6680. The fraction of sp³-hybridized carbons (Fsp3) is 0.105. The molecule has 19 aromatic rings. The number of nitrogens with zero attached hydrogens (tertiary/aromatic N) is 4. The lowest BCUT2D eigenvalue weighted by Crippen LogP contribution is -2.61. The van der Waals surface area contributed by atoms with Crippen LogP contribution < -0.4 is 36.0 Å². The number of anilines is 12. The van der Waals surface area contributed by atoms with Crippen LogP contribution in [0, 0.1) is 0 Å². The highest BCUT2D eigenvalue weighted by atomic mass is 16.3. The third-order valence-electron chi connectivity index (χ3n) is 24.9. The first kappa shape index (κ1) is 74.2. The summed E-state index contributed by atoms with van der Waals surface area (Å²) in [5, 5.41) is 4.27. The summed E-state index contributed by atoms with van der Waals surface area (Å²) in [5.74, 6) is 0. The summed E-state index contributed by atoms with van der Waals surface area (Å²) in [6.07, 6.45) is 0. The van der Waals surface area contributed by atoms with Crippen LogP contribution in [0.5, 0.6) is 0 Å². The molecule has 0 radical (unpaired) electrons. The minimum absolute atomic E-state index is 0.324. The van der Waals surface area contributed by atoms with Crippen molar-refractivity contribution in [3.05, 3.63) is 405 Å². The fourth-order valence-corrected chi connectivity index (χ4v) is 18.7. The molecule has 4 heterocycles. The zero-order valence-corrected chi connectivity index (χ0v) is 69.6. The fourth-order valence-electron chi connectivity index (χ4n) is 18.7. The lowest BCUT2D eigenvalue weighted by Gasteiger charge is -2.47. The molecule has 0 fully saturated rings. The molecule has 0 N–H and O–H groups in total. The second-order valence-corrected chi connectivity index (χ2v) is 35.6. The van der Waals surface area contributed by atoms with Gasteiger partial charge in [0.25, 0.3) is 6.71 Å². The molecule has 17 aromatic carbocycles. The summed E-state index contributed by atoms with van der Waals surface area (Å²) < 4.78 is 14.7. The van der Waals surface area contributed by atoms with Gasteiger partial charge in [0.15, 0.2) is 0 Å². The highest BCUT2D eigenvalue weighted by Gasteiger charge is 2.47. The number of benzene rings is 17. The number of hydrogen-bond acceptors (Lipinski definition) is 6. The maximum atomic E-state index is 7.37. The predicted octanol–water partition coefficient (Wildman–Crippen LogP) is 30.4. The number of fused-ring (bicyclic) bond motifs is 10. The van der Waals surface area contributed by atoms with Crippen molar-refractivity contribution < 1.29 is 8.83 Å². The molecule has 0 saturated carbocycles. The van der Waals surface area contributed by atoms with Crippen LogP contribution >= 0.6 is 0 Å². The Labute approximate surface area is 709 Å². The van der Waals surface area contributed by atoms with Gasteiger partial charge < -0.3 is 28.4 Å². The lowest BCUT2D eigenvalue weighted by molar-refractivity contribution is 0.590. The zero-order valence-electron chi connectivity index (χ0n) is 69.6. The van der Waals surface area contributed by atoms with E-state index in [0.717, 1.165) is 190 Å². The van der Waals surface area contributed by atoms with Crippen molar-refractivity contribution in [2.45, 2.75) is 78.6 Å². The molecule has 2 aliphatic rings. The van der Waals surface area contributed by atoms with Crippen molar-refractivity contribution in [2.24, 2.45) is 0 Å². The van der Waals surface area contributed by atoms with Gasteiger partial charge in [-0.3, -0.25) is 0 Å². The molecule has 0 atom stereocenters. The Balaban J connectivity index is 0.951. The second kappa shape index (κ2) is 29.3. The van der Waals surface area contributed by atoms with E-state index >= 15 is 0 Å². The van der Waals surface area contributed by atoms with Gasteiger partial charge in [-0.25, -0.2) is 0 Å². The van der Waals surface area contributed by atoms with Crippen molar-refractivity contribution in [3.63, 3.8) is 0 Å². The van der Waals surface area contributed by atoms with E-state index in [2.05, 4.69) is 470 Å². The monoisotopic (exact) mass is 1560 g/mol. The van der Waals surface area contributed by atoms with E-state index in [-0.39, 0.29) is 17.5 Å². The first-order valence-corrected chi connectivity index (χ1v) is 42.3. The van der Waals surface area contributed by atoms with Crippen LogP contribution in [-0.4, -0.2) is 6.71 Å². The molecule has 0 bridgehead atoms. The van der Waals surface area contributed by atoms with Gasteiger partial charge in [0.05, 0.1) is 11.4 Å².